The highest BCUT2D eigenvalue weighted by Crippen LogP contribution is 2.29. The summed E-state index contributed by atoms with van der Waals surface area (Å²) in [4.78, 5) is 4.03. The highest BCUT2D eigenvalue weighted by Gasteiger charge is 2.38. The van der Waals surface area contributed by atoms with Crippen molar-refractivity contribution < 1.29 is 4.74 Å². The van der Waals surface area contributed by atoms with E-state index in [0.717, 1.165) is 39.1 Å². The second kappa shape index (κ2) is 7.36. The molecule has 1 aromatic rings. The van der Waals surface area contributed by atoms with E-state index in [9.17, 15) is 0 Å². The summed E-state index contributed by atoms with van der Waals surface area (Å²) >= 11 is 5.39. The first-order chi connectivity index (χ1) is 9.60. The fraction of sp³-hybridized carbons (Fsp3) is 0.733. The maximum Gasteiger partial charge on any atom is 0.0594 e. The van der Waals surface area contributed by atoms with Crippen molar-refractivity contribution in [2.75, 3.05) is 33.4 Å². The van der Waals surface area contributed by atoms with Gasteiger partial charge in [-0.25, -0.2) is 0 Å². The quantitative estimate of drug-likeness (QED) is 0.843. The molecule has 1 aliphatic heterocycles. The lowest BCUT2D eigenvalue weighted by molar-refractivity contribution is -0.0312. The Kier molecular flexibility index (Phi) is 6.05. The van der Waals surface area contributed by atoms with E-state index in [-0.39, 0.29) is 5.54 Å². The number of nitrogens with one attached hydrogen (secondary N) is 1. The summed E-state index contributed by atoms with van der Waals surface area (Å²) in [6.45, 7) is 8.48. The van der Waals surface area contributed by atoms with E-state index in [2.05, 4.69) is 58.5 Å². The first-order valence-electron chi connectivity index (χ1n) is 7.33. The van der Waals surface area contributed by atoms with Crippen LogP contribution in [-0.2, 0) is 11.2 Å². The molecule has 5 heteroatoms. The molecule has 20 heavy (non-hydrogen) atoms. The maximum atomic E-state index is 5.51. The van der Waals surface area contributed by atoms with Crippen LogP contribution in [0.5, 0.6) is 0 Å². The van der Waals surface area contributed by atoms with Gasteiger partial charge in [-0.2, -0.15) is 0 Å². The van der Waals surface area contributed by atoms with Crippen LogP contribution in [0.4, 0.5) is 0 Å². The fourth-order valence-electron chi connectivity index (χ4n) is 3.06. The van der Waals surface area contributed by atoms with Crippen LogP contribution in [0.2, 0.25) is 0 Å². The van der Waals surface area contributed by atoms with Crippen LogP contribution in [0.3, 0.4) is 0 Å². The topological polar surface area (TPSA) is 24.5 Å². The molecule has 2 rings (SSSR count). The van der Waals surface area contributed by atoms with Crippen LogP contribution in [0, 0.1) is 0 Å². The highest BCUT2D eigenvalue weighted by atomic mass is 79.9. The van der Waals surface area contributed by atoms with Crippen molar-refractivity contribution in [1.82, 2.24) is 10.2 Å². The number of morpholine rings is 1. The van der Waals surface area contributed by atoms with Crippen LogP contribution < -0.4 is 5.32 Å². The molecule has 0 spiro atoms. The van der Waals surface area contributed by atoms with Crippen molar-refractivity contribution in [3.05, 3.63) is 20.8 Å². The predicted molar refractivity (Wildman–Crippen MR) is 89.7 cm³/mol. The van der Waals surface area contributed by atoms with E-state index in [4.69, 9.17) is 4.74 Å². The van der Waals surface area contributed by atoms with Crippen molar-refractivity contribution >= 4 is 27.3 Å². The molecular formula is C15H25BrN2OS. The van der Waals surface area contributed by atoms with Gasteiger partial charge in [0.05, 0.1) is 13.2 Å². The van der Waals surface area contributed by atoms with Gasteiger partial charge in [0.2, 0.25) is 0 Å². The minimum absolute atomic E-state index is 0.176. The molecule has 1 saturated heterocycles. The van der Waals surface area contributed by atoms with E-state index in [0.29, 0.717) is 6.04 Å². The summed E-state index contributed by atoms with van der Waals surface area (Å²) in [6.07, 6.45) is 2.22. The third-order valence-corrected chi connectivity index (χ3v) is 6.30. The normalized spacial score (nSPS) is 21.6. The van der Waals surface area contributed by atoms with Crippen LogP contribution in [0.25, 0.3) is 0 Å². The molecule has 1 N–H and O–H groups in total. The summed E-state index contributed by atoms with van der Waals surface area (Å²) in [6, 6.07) is 2.70. The van der Waals surface area contributed by atoms with Crippen LogP contribution in [0.15, 0.2) is 15.9 Å². The Bertz CT molecular complexity index is 420. The fourth-order valence-corrected chi connectivity index (χ4v) is 4.56. The number of hydrogen-bond donors (Lipinski definition) is 1. The summed E-state index contributed by atoms with van der Waals surface area (Å²) in [5, 5.41) is 5.72. The Morgan fingerprint density at radius 1 is 1.50 bits per heavy atom. The highest BCUT2D eigenvalue weighted by molar-refractivity contribution is 9.10. The second-order valence-corrected chi connectivity index (χ2v) is 7.50. The molecule has 2 heterocycles. The van der Waals surface area contributed by atoms with E-state index in [1.165, 1.54) is 9.35 Å². The van der Waals surface area contributed by atoms with Crippen molar-refractivity contribution in [1.29, 1.82) is 0 Å². The Balaban J connectivity index is 2.12. The number of nitrogens with zero attached hydrogens (tertiary/aromatic N) is 1. The molecule has 0 bridgehead atoms. The number of likely N-dealkylation sites (N-methyl/N-ethyl adjacent to an activating group) is 1. The molecule has 3 nitrogen and oxygen atoms in total. The van der Waals surface area contributed by atoms with Crippen molar-refractivity contribution in [2.24, 2.45) is 0 Å². The van der Waals surface area contributed by atoms with Gasteiger partial charge in [0.1, 0.15) is 0 Å². The maximum absolute atomic E-state index is 5.51. The molecule has 114 valence electrons. The molecule has 0 radical (unpaired) electrons. The molecule has 0 saturated carbocycles. The average molecular weight is 361 g/mol. The SMILES string of the molecule is CCC(C)(C(Cc1cc(Br)cs1)NC)N1CCOCC1. The average Bonchev–Trinajstić information content (AvgIpc) is 2.90. The van der Waals surface area contributed by atoms with Gasteiger partial charge in [-0.1, -0.05) is 6.92 Å². The molecule has 1 aliphatic rings. The first-order valence-corrected chi connectivity index (χ1v) is 9.00. The minimum atomic E-state index is 0.176. The lowest BCUT2D eigenvalue weighted by Crippen LogP contribution is -2.61. The van der Waals surface area contributed by atoms with Gasteiger partial charge in [-0.05, 0) is 48.8 Å². The number of rotatable bonds is 6. The summed E-state index contributed by atoms with van der Waals surface area (Å²) < 4.78 is 6.70. The monoisotopic (exact) mass is 360 g/mol. The number of hydrogen-bond acceptors (Lipinski definition) is 4. The van der Waals surface area contributed by atoms with Crippen LogP contribution in [-0.4, -0.2) is 49.8 Å². The van der Waals surface area contributed by atoms with Gasteiger partial charge in [-0.15, -0.1) is 11.3 Å². The summed E-state index contributed by atoms with van der Waals surface area (Å²) in [5.41, 5.74) is 0.176. The number of thiophene rings is 1. The van der Waals surface area contributed by atoms with E-state index in [1.54, 1.807) is 0 Å². The third kappa shape index (κ3) is 3.63. The second-order valence-electron chi connectivity index (χ2n) is 5.59. The van der Waals surface area contributed by atoms with E-state index >= 15 is 0 Å². The standard InChI is InChI=1S/C15H25BrN2OS/c1-4-15(2,18-5-7-19-8-6-18)14(17-3)10-13-9-12(16)11-20-13/h9,11,14,17H,4-8,10H2,1-3H3. The zero-order valence-electron chi connectivity index (χ0n) is 12.6. The minimum Gasteiger partial charge on any atom is -0.379 e. The smallest absolute Gasteiger partial charge is 0.0594 e. The predicted octanol–water partition coefficient (Wildman–Crippen LogP) is 3.14. The molecule has 0 aromatic carbocycles. The zero-order valence-corrected chi connectivity index (χ0v) is 15.0. The molecule has 2 unspecified atom stereocenters. The Hall–Kier alpha value is 0.0600. The lowest BCUT2D eigenvalue weighted by atomic mass is 9.84. The Morgan fingerprint density at radius 3 is 2.70 bits per heavy atom. The van der Waals surface area contributed by atoms with Crippen LogP contribution in [0.1, 0.15) is 25.1 Å². The zero-order chi connectivity index (χ0) is 14.6. The van der Waals surface area contributed by atoms with Crippen molar-refractivity contribution in [3.63, 3.8) is 0 Å². The van der Waals surface area contributed by atoms with Gasteiger partial charge >= 0.3 is 0 Å². The summed E-state index contributed by atoms with van der Waals surface area (Å²) in [5.74, 6) is 0. The number of ether oxygens (including phenoxy) is 1. The summed E-state index contributed by atoms with van der Waals surface area (Å²) in [7, 11) is 2.08. The Morgan fingerprint density at radius 2 is 2.20 bits per heavy atom. The largest absolute Gasteiger partial charge is 0.379 e. The molecule has 0 amide bonds. The molecule has 1 aromatic heterocycles. The van der Waals surface area contributed by atoms with Gasteiger partial charge < -0.3 is 10.1 Å². The third-order valence-electron chi connectivity index (χ3n) is 4.58. The van der Waals surface area contributed by atoms with E-state index < -0.39 is 0 Å². The van der Waals surface area contributed by atoms with Gasteiger partial charge in [0, 0.05) is 39.4 Å². The Labute approximate surface area is 134 Å². The van der Waals surface area contributed by atoms with Crippen LogP contribution >= 0.6 is 27.3 Å². The van der Waals surface area contributed by atoms with Crippen molar-refractivity contribution in [2.45, 2.75) is 38.3 Å². The lowest BCUT2D eigenvalue weighted by Gasteiger charge is -2.47. The molecule has 0 aliphatic carbocycles. The molecule has 1 fully saturated rings. The van der Waals surface area contributed by atoms with Gasteiger partial charge in [0.15, 0.2) is 0 Å². The van der Waals surface area contributed by atoms with Crippen molar-refractivity contribution in [3.8, 4) is 0 Å². The number of halogens is 1. The molecular weight excluding hydrogens is 336 g/mol. The van der Waals surface area contributed by atoms with E-state index in [1.807, 2.05) is 11.3 Å². The first kappa shape index (κ1) is 16.4. The molecule has 2 atom stereocenters. The van der Waals surface area contributed by atoms with Gasteiger partial charge in [-0.3, -0.25) is 4.90 Å². The van der Waals surface area contributed by atoms with Gasteiger partial charge in [0.25, 0.3) is 0 Å².